The summed E-state index contributed by atoms with van der Waals surface area (Å²) in [5.41, 5.74) is 4.11. The van der Waals surface area contributed by atoms with Gasteiger partial charge in [-0.1, -0.05) is 23.7 Å². The Balaban J connectivity index is 2.14. The van der Waals surface area contributed by atoms with Gasteiger partial charge in [0.2, 0.25) is 0 Å². The molecule has 0 spiro atoms. The molecule has 106 valence electrons. The van der Waals surface area contributed by atoms with Gasteiger partial charge in [0, 0.05) is 30.7 Å². The quantitative estimate of drug-likeness (QED) is 0.659. The zero-order chi connectivity index (χ0) is 15.0. The van der Waals surface area contributed by atoms with Gasteiger partial charge < -0.3 is 4.90 Å². The molecular formula is C17H16ClN3. The highest BCUT2D eigenvalue weighted by Gasteiger charge is 2.09. The number of hydrogen-bond acceptors (Lipinski definition) is 3. The first-order chi connectivity index (χ1) is 10.1. The van der Waals surface area contributed by atoms with E-state index in [1.807, 2.05) is 51.4 Å². The van der Waals surface area contributed by atoms with Crippen LogP contribution in [-0.4, -0.2) is 24.1 Å². The molecule has 3 aromatic rings. The summed E-state index contributed by atoms with van der Waals surface area (Å²) in [5, 5.41) is 1.39. The van der Waals surface area contributed by atoms with Gasteiger partial charge in [0.05, 0.1) is 5.52 Å². The molecule has 2 aromatic carbocycles. The van der Waals surface area contributed by atoms with E-state index in [1.54, 1.807) is 0 Å². The number of nitrogens with zero attached hydrogens (tertiary/aromatic N) is 3. The number of aryl methyl sites for hydroxylation is 1. The molecular weight excluding hydrogens is 282 g/mol. The normalized spacial score (nSPS) is 10.9. The smallest absolute Gasteiger partial charge is 0.161 e. The highest BCUT2D eigenvalue weighted by molar-refractivity contribution is 6.34. The minimum Gasteiger partial charge on any atom is -0.378 e. The van der Waals surface area contributed by atoms with Crippen LogP contribution >= 0.6 is 11.6 Å². The van der Waals surface area contributed by atoms with Gasteiger partial charge in [0.25, 0.3) is 0 Å². The first kappa shape index (κ1) is 13.8. The van der Waals surface area contributed by atoms with Crippen molar-refractivity contribution >= 4 is 28.2 Å². The van der Waals surface area contributed by atoms with Gasteiger partial charge >= 0.3 is 0 Å². The lowest BCUT2D eigenvalue weighted by molar-refractivity contribution is 1.13. The Morgan fingerprint density at radius 1 is 0.952 bits per heavy atom. The molecule has 0 aliphatic rings. The third-order valence-electron chi connectivity index (χ3n) is 3.52. The Kier molecular flexibility index (Phi) is 3.52. The fourth-order valence-electron chi connectivity index (χ4n) is 2.30. The van der Waals surface area contributed by atoms with Crippen molar-refractivity contribution in [3.8, 4) is 11.4 Å². The van der Waals surface area contributed by atoms with Crippen molar-refractivity contribution in [2.24, 2.45) is 0 Å². The Morgan fingerprint density at radius 2 is 1.67 bits per heavy atom. The number of aromatic nitrogens is 2. The van der Waals surface area contributed by atoms with Crippen LogP contribution in [0.4, 0.5) is 5.69 Å². The van der Waals surface area contributed by atoms with Gasteiger partial charge in [-0.3, -0.25) is 0 Å². The monoisotopic (exact) mass is 297 g/mol. The van der Waals surface area contributed by atoms with Crippen LogP contribution in [0.1, 0.15) is 5.56 Å². The lowest BCUT2D eigenvalue weighted by Crippen LogP contribution is -2.08. The molecule has 3 nitrogen and oxygen atoms in total. The predicted octanol–water partition coefficient (Wildman–Crippen LogP) is 4.32. The van der Waals surface area contributed by atoms with E-state index in [0.29, 0.717) is 11.0 Å². The topological polar surface area (TPSA) is 29.0 Å². The molecule has 1 aromatic heterocycles. The van der Waals surface area contributed by atoms with E-state index in [9.17, 15) is 0 Å². The minimum absolute atomic E-state index is 0.496. The van der Waals surface area contributed by atoms with Crippen LogP contribution in [0, 0.1) is 6.92 Å². The molecule has 0 saturated carbocycles. The number of benzene rings is 2. The Labute approximate surface area is 129 Å². The van der Waals surface area contributed by atoms with E-state index in [1.165, 1.54) is 0 Å². The van der Waals surface area contributed by atoms with Crippen molar-refractivity contribution in [3.63, 3.8) is 0 Å². The standard InChI is InChI=1S/C17H16ClN3/c1-11-5-4-6-14-15(11)19-17(20-16(14)18)12-7-9-13(10-8-12)21(2)3/h4-10H,1-3H3. The van der Waals surface area contributed by atoms with Crippen LogP contribution in [0.15, 0.2) is 42.5 Å². The zero-order valence-corrected chi connectivity index (χ0v) is 13.0. The zero-order valence-electron chi connectivity index (χ0n) is 12.3. The highest BCUT2D eigenvalue weighted by atomic mass is 35.5. The second kappa shape index (κ2) is 5.34. The first-order valence-corrected chi connectivity index (χ1v) is 7.14. The Bertz CT molecular complexity index is 795. The molecule has 21 heavy (non-hydrogen) atoms. The summed E-state index contributed by atoms with van der Waals surface area (Å²) >= 11 is 6.31. The van der Waals surface area contributed by atoms with Crippen molar-refractivity contribution < 1.29 is 0 Å². The Hall–Kier alpha value is -2.13. The molecule has 4 heteroatoms. The van der Waals surface area contributed by atoms with E-state index in [0.717, 1.165) is 27.7 Å². The second-order valence-corrected chi connectivity index (χ2v) is 5.61. The maximum Gasteiger partial charge on any atom is 0.161 e. The summed E-state index contributed by atoms with van der Waals surface area (Å²) in [6.07, 6.45) is 0. The maximum atomic E-state index is 6.31. The Morgan fingerprint density at radius 3 is 2.33 bits per heavy atom. The molecule has 0 unspecified atom stereocenters. The van der Waals surface area contributed by atoms with Crippen molar-refractivity contribution in [3.05, 3.63) is 53.2 Å². The minimum atomic E-state index is 0.496. The molecule has 0 atom stereocenters. The fraction of sp³-hybridized carbons (Fsp3) is 0.176. The molecule has 3 rings (SSSR count). The predicted molar refractivity (Wildman–Crippen MR) is 89.0 cm³/mol. The van der Waals surface area contributed by atoms with Gasteiger partial charge in [-0.05, 0) is 42.8 Å². The number of anilines is 1. The average Bonchev–Trinajstić information content (AvgIpc) is 2.48. The summed E-state index contributed by atoms with van der Waals surface area (Å²) in [6, 6.07) is 14.1. The van der Waals surface area contributed by atoms with Crippen molar-refractivity contribution in [1.29, 1.82) is 0 Å². The van der Waals surface area contributed by atoms with Gasteiger partial charge in [0.15, 0.2) is 5.82 Å². The molecule has 0 aliphatic heterocycles. The van der Waals surface area contributed by atoms with E-state index >= 15 is 0 Å². The van der Waals surface area contributed by atoms with Crippen LogP contribution in [0.2, 0.25) is 5.15 Å². The van der Waals surface area contributed by atoms with Crippen LogP contribution in [0.5, 0.6) is 0 Å². The molecule has 0 amide bonds. The first-order valence-electron chi connectivity index (χ1n) is 6.77. The molecule has 0 saturated heterocycles. The SMILES string of the molecule is Cc1cccc2c(Cl)nc(-c3ccc(N(C)C)cc3)nc12. The molecule has 0 radical (unpaired) electrons. The van der Waals surface area contributed by atoms with Gasteiger partial charge in [-0.2, -0.15) is 0 Å². The number of para-hydroxylation sites is 1. The molecule has 0 aliphatic carbocycles. The summed E-state index contributed by atoms with van der Waals surface area (Å²) in [5.74, 6) is 0.659. The summed E-state index contributed by atoms with van der Waals surface area (Å²) < 4.78 is 0. The molecule has 0 fully saturated rings. The van der Waals surface area contributed by atoms with E-state index < -0.39 is 0 Å². The molecule has 1 heterocycles. The largest absolute Gasteiger partial charge is 0.378 e. The molecule has 0 N–H and O–H groups in total. The van der Waals surface area contributed by atoms with Crippen LogP contribution < -0.4 is 4.90 Å². The average molecular weight is 298 g/mol. The van der Waals surface area contributed by atoms with Crippen LogP contribution in [0.3, 0.4) is 0 Å². The van der Waals surface area contributed by atoms with E-state index in [2.05, 4.69) is 27.0 Å². The number of fused-ring (bicyclic) bond motifs is 1. The number of hydrogen-bond donors (Lipinski definition) is 0. The summed E-state index contributed by atoms with van der Waals surface area (Å²) in [6.45, 7) is 2.03. The fourth-order valence-corrected chi connectivity index (χ4v) is 2.53. The lowest BCUT2D eigenvalue weighted by atomic mass is 10.1. The van der Waals surface area contributed by atoms with Gasteiger partial charge in [-0.15, -0.1) is 0 Å². The highest BCUT2D eigenvalue weighted by Crippen LogP contribution is 2.27. The van der Waals surface area contributed by atoms with E-state index in [-0.39, 0.29) is 0 Å². The number of halogens is 1. The van der Waals surface area contributed by atoms with Crippen molar-refractivity contribution in [2.45, 2.75) is 6.92 Å². The maximum absolute atomic E-state index is 6.31. The summed E-state index contributed by atoms with van der Waals surface area (Å²) in [4.78, 5) is 11.2. The van der Waals surface area contributed by atoms with Crippen molar-refractivity contribution in [2.75, 3.05) is 19.0 Å². The summed E-state index contributed by atoms with van der Waals surface area (Å²) in [7, 11) is 4.03. The third-order valence-corrected chi connectivity index (χ3v) is 3.81. The van der Waals surface area contributed by atoms with Gasteiger partial charge in [-0.25, -0.2) is 9.97 Å². The van der Waals surface area contributed by atoms with E-state index in [4.69, 9.17) is 11.6 Å². The lowest BCUT2D eigenvalue weighted by Gasteiger charge is -2.12. The van der Waals surface area contributed by atoms with Crippen LogP contribution in [0.25, 0.3) is 22.3 Å². The van der Waals surface area contributed by atoms with Gasteiger partial charge in [0.1, 0.15) is 5.15 Å². The van der Waals surface area contributed by atoms with Crippen molar-refractivity contribution in [1.82, 2.24) is 9.97 Å². The van der Waals surface area contributed by atoms with Crippen LogP contribution in [-0.2, 0) is 0 Å². The molecule has 0 bridgehead atoms. The second-order valence-electron chi connectivity index (χ2n) is 5.25. The third kappa shape index (κ3) is 2.57. The number of rotatable bonds is 2.